The van der Waals surface area contributed by atoms with Gasteiger partial charge in [-0.1, -0.05) is 108 Å². The predicted molar refractivity (Wildman–Crippen MR) is 169 cm³/mol. The molecule has 7 heteroatoms. The largest absolute Gasteiger partial charge is 0.268 e. The van der Waals surface area contributed by atoms with Crippen LogP contribution in [0.1, 0.15) is 0 Å². The van der Waals surface area contributed by atoms with Gasteiger partial charge >= 0.3 is 0 Å². The average Bonchev–Trinajstić information content (AvgIpc) is 3.43. The van der Waals surface area contributed by atoms with Gasteiger partial charge in [-0.25, -0.2) is 19.9 Å². The van der Waals surface area contributed by atoms with Gasteiger partial charge in [0.25, 0.3) is 5.56 Å². The van der Waals surface area contributed by atoms with Gasteiger partial charge in [0, 0.05) is 16.7 Å². The van der Waals surface area contributed by atoms with Crippen molar-refractivity contribution < 1.29 is 0 Å². The molecule has 198 valence electrons. The number of aromatic nitrogens is 5. The highest BCUT2D eigenvalue weighted by atomic mass is 32.1. The van der Waals surface area contributed by atoms with E-state index in [2.05, 4.69) is 30.3 Å². The van der Waals surface area contributed by atoms with Crippen LogP contribution >= 0.6 is 11.3 Å². The monoisotopic (exact) mass is 559 g/mol. The maximum atomic E-state index is 13.5. The molecule has 3 heterocycles. The standard InChI is InChI=1S/C35H21N5OS/c41-34-27-16-7-8-17-28(27)36-35-40(34)29-21-25(18-19-30(29)42-35)24-14-9-15-26(20-24)33-38-31(22-10-3-1-4-11-22)37-32(39-33)23-12-5-2-6-13-23/h1-21H. The Balaban J connectivity index is 1.27. The number of thiazole rings is 1. The van der Waals surface area contributed by atoms with Crippen molar-refractivity contribution in [2.24, 2.45) is 0 Å². The summed E-state index contributed by atoms with van der Waals surface area (Å²) in [4.78, 5) is 33.5. The summed E-state index contributed by atoms with van der Waals surface area (Å²) < 4.78 is 2.73. The van der Waals surface area contributed by atoms with Crippen molar-refractivity contribution in [3.05, 3.63) is 138 Å². The molecule has 0 unspecified atom stereocenters. The Kier molecular flexibility index (Phi) is 5.68. The fourth-order valence-corrected chi connectivity index (χ4v) is 6.23. The number of nitrogens with zero attached hydrogens (tertiary/aromatic N) is 5. The van der Waals surface area contributed by atoms with Gasteiger partial charge in [-0.05, 0) is 41.5 Å². The van der Waals surface area contributed by atoms with Crippen LogP contribution in [0, 0.1) is 0 Å². The zero-order chi connectivity index (χ0) is 28.0. The first-order chi connectivity index (χ1) is 20.7. The Morgan fingerprint density at radius 1 is 0.500 bits per heavy atom. The molecule has 0 saturated heterocycles. The Morgan fingerprint density at radius 2 is 1.07 bits per heavy atom. The van der Waals surface area contributed by atoms with Crippen LogP contribution in [0.2, 0.25) is 0 Å². The minimum atomic E-state index is -0.0557. The topological polar surface area (TPSA) is 73.0 Å². The van der Waals surface area contributed by atoms with E-state index in [0.29, 0.717) is 33.3 Å². The van der Waals surface area contributed by atoms with Gasteiger partial charge in [0.2, 0.25) is 0 Å². The van der Waals surface area contributed by atoms with Crippen molar-refractivity contribution in [1.82, 2.24) is 24.3 Å². The van der Waals surface area contributed by atoms with Crippen molar-refractivity contribution in [2.75, 3.05) is 0 Å². The lowest BCUT2D eigenvalue weighted by Gasteiger charge is -2.10. The van der Waals surface area contributed by atoms with Crippen LogP contribution in [0.3, 0.4) is 0 Å². The molecular formula is C35H21N5OS. The zero-order valence-electron chi connectivity index (χ0n) is 22.2. The van der Waals surface area contributed by atoms with Gasteiger partial charge in [-0.15, -0.1) is 0 Å². The maximum absolute atomic E-state index is 13.5. The van der Waals surface area contributed by atoms with Crippen molar-refractivity contribution in [2.45, 2.75) is 0 Å². The lowest BCUT2D eigenvalue weighted by atomic mass is 10.0. The molecule has 0 spiro atoms. The van der Waals surface area contributed by atoms with Gasteiger partial charge in [0.05, 0.1) is 21.1 Å². The van der Waals surface area contributed by atoms with E-state index in [1.807, 2.05) is 97.1 Å². The van der Waals surface area contributed by atoms with Crippen molar-refractivity contribution >= 4 is 37.4 Å². The molecule has 5 aromatic carbocycles. The van der Waals surface area contributed by atoms with Crippen LogP contribution < -0.4 is 5.56 Å². The van der Waals surface area contributed by atoms with Crippen LogP contribution in [-0.4, -0.2) is 24.3 Å². The summed E-state index contributed by atoms with van der Waals surface area (Å²) >= 11 is 1.52. The molecular weight excluding hydrogens is 538 g/mol. The van der Waals surface area contributed by atoms with E-state index >= 15 is 0 Å². The summed E-state index contributed by atoms with van der Waals surface area (Å²) in [6.45, 7) is 0. The number of rotatable bonds is 4. The molecule has 0 atom stereocenters. The van der Waals surface area contributed by atoms with Crippen LogP contribution in [0.25, 0.3) is 71.4 Å². The second-order valence-corrected chi connectivity index (χ2v) is 11.0. The molecule has 0 radical (unpaired) electrons. The Bertz CT molecular complexity index is 2270. The smallest absolute Gasteiger partial charge is 0.266 e. The Morgan fingerprint density at radius 3 is 1.79 bits per heavy atom. The van der Waals surface area contributed by atoms with Crippen LogP contribution in [0.5, 0.6) is 0 Å². The van der Waals surface area contributed by atoms with E-state index in [9.17, 15) is 4.79 Å². The third-order valence-corrected chi connectivity index (χ3v) is 8.32. The van der Waals surface area contributed by atoms with Crippen LogP contribution in [0.15, 0.2) is 132 Å². The SMILES string of the molecule is O=c1c2ccccc2nc2sc3ccc(-c4cccc(-c5nc(-c6ccccc6)nc(-c6ccccc6)n5)c4)cc3n12. The molecule has 0 bridgehead atoms. The highest BCUT2D eigenvalue weighted by Crippen LogP contribution is 2.32. The second kappa shape index (κ2) is 9.83. The second-order valence-electron chi connectivity index (χ2n) is 9.96. The number of fused-ring (bicyclic) bond motifs is 4. The summed E-state index contributed by atoms with van der Waals surface area (Å²) in [6, 6.07) is 41.8. The minimum absolute atomic E-state index is 0.0557. The van der Waals surface area contributed by atoms with Crippen LogP contribution in [-0.2, 0) is 0 Å². The molecule has 42 heavy (non-hydrogen) atoms. The molecule has 8 aromatic rings. The van der Waals surface area contributed by atoms with Gasteiger partial charge in [-0.2, -0.15) is 0 Å². The van der Waals surface area contributed by atoms with E-state index < -0.39 is 0 Å². The van der Waals surface area contributed by atoms with Gasteiger partial charge < -0.3 is 0 Å². The van der Waals surface area contributed by atoms with E-state index in [0.717, 1.165) is 38.0 Å². The van der Waals surface area contributed by atoms with Gasteiger partial charge in [-0.3, -0.25) is 9.20 Å². The average molecular weight is 560 g/mol. The lowest BCUT2D eigenvalue weighted by Crippen LogP contribution is -2.13. The van der Waals surface area contributed by atoms with Crippen molar-refractivity contribution in [1.29, 1.82) is 0 Å². The number of hydrogen-bond donors (Lipinski definition) is 0. The Labute approximate surface area is 244 Å². The third-order valence-electron chi connectivity index (χ3n) is 7.30. The molecule has 6 nitrogen and oxygen atoms in total. The number of hydrogen-bond acceptors (Lipinski definition) is 6. The summed E-state index contributed by atoms with van der Waals surface area (Å²) in [5.74, 6) is 1.84. The maximum Gasteiger partial charge on any atom is 0.266 e. The predicted octanol–water partition coefficient (Wildman–Crippen LogP) is 7.92. The summed E-state index contributed by atoms with van der Waals surface area (Å²) in [5.41, 5.74) is 6.22. The fraction of sp³-hybridized carbons (Fsp3) is 0. The van der Waals surface area contributed by atoms with Crippen molar-refractivity contribution in [3.8, 4) is 45.3 Å². The first-order valence-corrected chi connectivity index (χ1v) is 14.3. The fourth-order valence-electron chi connectivity index (χ4n) is 5.23. The van der Waals surface area contributed by atoms with E-state index in [1.54, 1.807) is 4.40 Å². The molecule has 0 saturated carbocycles. The van der Waals surface area contributed by atoms with Gasteiger partial charge in [0.1, 0.15) is 0 Å². The van der Waals surface area contributed by atoms with E-state index in [-0.39, 0.29) is 5.56 Å². The van der Waals surface area contributed by atoms with E-state index in [4.69, 9.17) is 19.9 Å². The van der Waals surface area contributed by atoms with Crippen molar-refractivity contribution in [3.63, 3.8) is 0 Å². The first-order valence-electron chi connectivity index (χ1n) is 13.5. The normalized spacial score (nSPS) is 11.4. The van der Waals surface area contributed by atoms with Crippen LogP contribution in [0.4, 0.5) is 0 Å². The number of benzene rings is 5. The third kappa shape index (κ3) is 4.15. The summed E-state index contributed by atoms with van der Waals surface area (Å²) in [6.07, 6.45) is 0. The highest BCUT2D eigenvalue weighted by molar-refractivity contribution is 7.23. The molecule has 0 N–H and O–H groups in total. The quantitative estimate of drug-likeness (QED) is 0.219. The molecule has 0 aliphatic carbocycles. The lowest BCUT2D eigenvalue weighted by molar-refractivity contribution is 1.07. The molecule has 3 aromatic heterocycles. The Hall–Kier alpha value is -5.53. The number of para-hydroxylation sites is 1. The zero-order valence-corrected chi connectivity index (χ0v) is 23.0. The van der Waals surface area contributed by atoms with Gasteiger partial charge in [0.15, 0.2) is 22.4 Å². The molecule has 0 aliphatic rings. The summed E-state index contributed by atoms with van der Waals surface area (Å²) in [7, 11) is 0. The molecule has 0 amide bonds. The van der Waals surface area contributed by atoms with E-state index in [1.165, 1.54) is 11.3 Å². The molecule has 0 fully saturated rings. The molecule has 0 aliphatic heterocycles. The summed E-state index contributed by atoms with van der Waals surface area (Å²) in [5, 5.41) is 0.611. The highest BCUT2D eigenvalue weighted by Gasteiger charge is 2.15. The molecule has 8 rings (SSSR count). The minimum Gasteiger partial charge on any atom is -0.268 e. The first kappa shape index (κ1) is 24.3.